The second kappa shape index (κ2) is 6.27. The van der Waals surface area contributed by atoms with E-state index in [4.69, 9.17) is 4.74 Å². The Labute approximate surface area is 166 Å². The number of rotatable bonds is 1. The van der Waals surface area contributed by atoms with Gasteiger partial charge in [0.2, 0.25) is 0 Å². The molecule has 0 aliphatic carbocycles. The summed E-state index contributed by atoms with van der Waals surface area (Å²) >= 11 is 1.52. The Morgan fingerprint density at radius 2 is 2.07 bits per heavy atom. The Hall–Kier alpha value is -2.99. The molecular formula is C22H18FN3OS. The number of halogens is 1. The molecule has 4 nitrogen and oxygen atoms in total. The Morgan fingerprint density at radius 1 is 1.21 bits per heavy atom. The highest BCUT2D eigenvalue weighted by Crippen LogP contribution is 2.39. The van der Waals surface area contributed by atoms with Crippen molar-refractivity contribution in [2.45, 2.75) is 13.3 Å². The number of nitrogens with zero attached hydrogens (tertiary/aromatic N) is 3. The van der Waals surface area contributed by atoms with Gasteiger partial charge in [-0.25, -0.2) is 4.39 Å². The van der Waals surface area contributed by atoms with Crippen LogP contribution in [0, 0.1) is 5.82 Å². The molecule has 0 saturated carbocycles. The predicted octanol–water partition coefficient (Wildman–Crippen LogP) is 5.15. The van der Waals surface area contributed by atoms with Crippen LogP contribution in [-0.2, 0) is 6.42 Å². The summed E-state index contributed by atoms with van der Waals surface area (Å²) in [7, 11) is 2.00. The molecule has 0 amide bonds. The number of hydrogen-bond donors (Lipinski definition) is 0. The fraction of sp³-hybridized carbons (Fsp3) is 0.182. The van der Waals surface area contributed by atoms with Gasteiger partial charge in [0.15, 0.2) is 0 Å². The molecule has 0 saturated heterocycles. The van der Waals surface area contributed by atoms with Crippen LogP contribution in [0.1, 0.15) is 22.9 Å². The van der Waals surface area contributed by atoms with Crippen LogP contribution in [-0.4, -0.2) is 25.1 Å². The summed E-state index contributed by atoms with van der Waals surface area (Å²) in [6, 6.07) is 11.2. The Kier molecular flexibility index (Phi) is 3.84. The first-order valence-electron chi connectivity index (χ1n) is 9.02. The molecule has 0 spiro atoms. The van der Waals surface area contributed by atoms with Crippen molar-refractivity contribution in [3.63, 3.8) is 0 Å². The van der Waals surface area contributed by atoms with Crippen molar-refractivity contribution in [2.24, 2.45) is 10.2 Å². The normalized spacial score (nSPS) is 16.1. The van der Waals surface area contributed by atoms with Crippen LogP contribution >= 0.6 is 11.3 Å². The van der Waals surface area contributed by atoms with Crippen molar-refractivity contribution >= 4 is 38.5 Å². The van der Waals surface area contributed by atoms with Crippen LogP contribution in [0.15, 0.2) is 58.9 Å². The molecule has 5 rings (SSSR count). The quantitative estimate of drug-likeness (QED) is 0.575. The number of benzene rings is 2. The standard InChI is InChI=1S/C22H18FN3OS/c1-12-7-14-8-18-19(27-11-13(2)26(18)3)9-15(14)22(25-24-12)21-10-16-17(23)5-4-6-20(16)28-21/h4-6,8-10H,2,7,11H2,1,3H3. The highest BCUT2D eigenvalue weighted by Gasteiger charge is 2.25. The molecular weight excluding hydrogens is 373 g/mol. The molecule has 28 heavy (non-hydrogen) atoms. The molecule has 140 valence electrons. The maximum Gasteiger partial charge on any atom is 0.144 e. The summed E-state index contributed by atoms with van der Waals surface area (Å²) in [5.41, 5.74) is 5.70. The van der Waals surface area contributed by atoms with Crippen molar-refractivity contribution in [2.75, 3.05) is 18.6 Å². The Morgan fingerprint density at radius 3 is 2.89 bits per heavy atom. The zero-order valence-electron chi connectivity index (χ0n) is 15.6. The number of anilines is 1. The van der Waals surface area contributed by atoms with E-state index in [0.29, 0.717) is 18.4 Å². The first-order valence-corrected chi connectivity index (χ1v) is 9.84. The summed E-state index contributed by atoms with van der Waals surface area (Å²) < 4.78 is 21.0. The summed E-state index contributed by atoms with van der Waals surface area (Å²) in [4.78, 5) is 2.95. The minimum Gasteiger partial charge on any atom is -0.485 e. The van der Waals surface area contributed by atoms with Gasteiger partial charge in [-0.3, -0.25) is 0 Å². The average Bonchev–Trinajstić information content (AvgIpc) is 3.04. The molecule has 0 N–H and O–H groups in total. The summed E-state index contributed by atoms with van der Waals surface area (Å²) in [6.45, 7) is 6.48. The fourth-order valence-corrected chi connectivity index (χ4v) is 4.68. The molecule has 3 aromatic rings. The highest BCUT2D eigenvalue weighted by atomic mass is 32.1. The van der Waals surface area contributed by atoms with Crippen LogP contribution < -0.4 is 9.64 Å². The van der Waals surface area contributed by atoms with E-state index < -0.39 is 0 Å². The SMILES string of the molecule is C=C1COc2cc3c(cc2N1C)CC(C)=NN=C3c1cc2c(F)cccc2s1. The third-order valence-corrected chi connectivity index (χ3v) is 6.29. The highest BCUT2D eigenvalue weighted by molar-refractivity contribution is 7.21. The van der Waals surface area contributed by atoms with Crippen LogP contribution in [0.4, 0.5) is 10.1 Å². The van der Waals surface area contributed by atoms with Crippen molar-refractivity contribution < 1.29 is 9.13 Å². The monoisotopic (exact) mass is 391 g/mol. The van der Waals surface area contributed by atoms with E-state index in [1.165, 1.54) is 17.4 Å². The smallest absolute Gasteiger partial charge is 0.144 e. The third kappa shape index (κ3) is 2.64. The number of fused-ring (bicyclic) bond motifs is 3. The van der Waals surface area contributed by atoms with Gasteiger partial charge in [0, 0.05) is 40.5 Å². The molecule has 3 heterocycles. The first-order chi connectivity index (χ1) is 13.5. The lowest BCUT2D eigenvalue weighted by atomic mass is 9.96. The molecule has 2 aliphatic heterocycles. The lowest BCUT2D eigenvalue weighted by Gasteiger charge is -2.30. The van der Waals surface area contributed by atoms with E-state index >= 15 is 0 Å². The second-order valence-electron chi connectivity index (χ2n) is 7.11. The minimum absolute atomic E-state index is 0.219. The van der Waals surface area contributed by atoms with E-state index in [-0.39, 0.29) is 5.82 Å². The van der Waals surface area contributed by atoms with Gasteiger partial charge < -0.3 is 9.64 Å². The molecule has 6 heteroatoms. The predicted molar refractivity (Wildman–Crippen MR) is 114 cm³/mol. The maximum atomic E-state index is 14.2. The van der Waals surface area contributed by atoms with E-state index in [1.807, 2.05) is 32.2 Å². The maximum absolute atomic E-state index is 14.2. The largest absolute Gasteiger partial charge is 0.485 e. The topological polar surface area (TPSA) is 37.2 Å². The van der Waals surface area contributed by atoms with Crippen LogP contribution in [0.2, 0.25) is 0 Å². The van der Waals surface area contributed by atoms with Gasteiger partial charge in [0.1, 0.15) is 23.9 Å². The zero-order valence-corrected chi connectivity index (χ0v) is 16.4. The van der Waals surface area contributed by atoms with Crippen molar-refractivity contribution in [3.8, 4) is 5.75 Å². The molecule has 0 radical (unpaired) electrons. The lowest BCUT2D eigenvalue weighted by molar-refractivity contribution is 0.338. The minimum atomic E-state index is -0.219. The Bertz CT molecular complexity index is 1210. The van der Waals surface area contributed by atoms with Crippen LogP contribution in [0.25, 0.3) is 10.1 Å². The van der Waals surface area contributed by atoms with E-state index in [1.54, 1.807) is 6.07 Å². The number of hydrogen-bond acceptors (Lipinski definition) is 5. The van der Waals surface area contributed by atoms with Crippen molar-refractivity contribution in [3.05, 3.63) is 70.5 Å². The summed E-state index contributed by atoms with van der Waals surface area (Å²) in [6.07, 6.45) is 0.704. The van der Waals surface area contributed by atoms with Crippen molar-refractivity contribution in [1.29, 1.82) is 0 Å². The number of ether oxygens (including phenoxy) is 1. The third-order valence-electron chi connectivity index (χ3n) is 5.18. The average molecular weight is 391 g/mol. The Balaban J connectivity index is 1.71. The molecule has 2 aromatic carbocycles. The van der Waals surface area contributed by atoms with Crippen LogP contribution in [0.5, 0.6) is 5.75 Å². The zero-order chi connectivity index (χ0) is 19.4. The number of thiophene rings is 1. The summed E-state index contributed by atoms with van der Waals surface area (Å²) in [5.74, 6) is 0.580. The van der Waals surface area contributed by atoms with Gasteiger partial charge in [-0.2, -0.15) is 5.10 Å². The van der Waals surface area contributed by atoms with Gasteiger partial charge >= 0.3 is 0 Å². The fourth-order valence-electron chi connectivity index (χ4n) is 3.61. The van der Waals surface area contributed by atoms with Gasteiger partial charge in [-0.1, -0.05) is 12.6 Å². The lowest BCUT2D eigenvalue weighted by Crippen LogP contribution is -2.26. The van der Waals surface area contributed by atoms with E-state index in [2.05, 4.69) is 27.7 Å². The van der Waals surface area contributed by atoms with E-state index in [9.17, 15) is 4.39 Å². The molecule has 1 aromatic heterocycles. The van der Waals surface area contributed by atoms with Gasteiger partial charge in [0.25, 0.3) is 0 Å². The molecule has 0 fully saturated rings. The summed E-state index contributed by atoms with van der Waals surface area (Å²) in [5, 5.41) is 9.54. The first kappa shape index (κ1) is 17.1. The molecule has 0 unspecified atom stereocenters. The molecule has 0 atom stereocenters. The molecule has 0 bridgehead atoms. The van der Waals surface area contributed by atoms with Gasteiger partial charge in [-0.05, 0) is 42.8 Å². The van der Waals surface area contributed by atoms with Crippen LogP contribution in [0.3, 0.4) is 0 Å². The second-order valence-corrected chi connectivity index (χ2v) is 8.20. The van der Waals surface area contributed by atoms with Gasteiger partial charge in [-0.15, -0.1) is 16.4 Å². The van der Waals surface area contributed by atoms with Crippen molar-refractivity contribution in [1.82, 2.24) is 0 Å². The van der Waals surface area contributed by atoms with Gasteiger partial charge in [0.05, 0.1) is 10.6 Å². The number of likely N-dealkylation sites (N-methyl/N-ethyl adjacent to an activating group) is 1. The molecule has 2 aliphatic rings. The van der Waals surface area contributed by atoms with E-state index in [0.717, 1.165) is 49.3 Å².